The van der Waals surface area contributed by atoms with Gasteiger partial charge in [0.15, 0.2) is 6.10 Å². The van der Waals surface area contributed by atoms with Crippen LogP contribution in [0.3, 0.4) is 0 Å². The minimum Gasteiger partial charge on any atom is -0.449 e. The van der Waals surface area contributed by atoms with E-state index >= 15 is 0 Å². The van der Waals surface area contributed by atoms with E-state index in [2.05, 4.69) is 5.32 Å². The van der Waals surface area contributed by atoms with Gasteiger partial charge >= 0.3 is 5.97 Å². The van der Waals surface area contributed by atoms with Crippen LogP contribution in [0.4, 0.5) is 0 Å². The van der Waals surface area contributed by atoms with Gasteiger partial charge in [-0.3, -0.25) is 4.79 Å². The van der Waals surface area contributed by atoms with Gasteiger partial charge in [-0.15, -0.1) is 0 Å². The molecule has 0 aliphatic rings. The summed E-state index contributed by atoms with van der Waals surface area (Å²) in [6.07, 6.45) is -0.0406. The van der Waals surface area contributed by atoms with Crippen molar-refractivity contribution in [1.29, 1.82) is 0 Å². The van der Waals surface area contributed by atoms with Crippen molar-refractivity contribution in [1.82, 2.24) is 5.32 Å². The Morgan fingerprint density at radius 2 is 1.73 bits per heavy atom. The highest BCUT2D eigenvalue weighted by atomic mass is 35.5. The second-order valence-electron chi connectivity index (χ2n) is 5.99. The zero-order chi connectivity index (χ0) is 19.3. The maximum atomic E-state index is 12.3. The van der Waals surface area contributed by atoms with Gasteiger partial charge < -0.3 is 10.1 Å². The third-order valence-corrected chi connectivity index (χ3v) is 4.60. The van der Waals surface area contributed by atoms with E-state index in [0.29, 0.717) is 15.6 Å². The van der Waals surface area contributed by atoms with Gasteiger partial charge in [-0.05, 0) is 55.7 Å². The van der Waals surface area contributed by atoms with Crippen LogP contribution >= 0.6 is 23.2 Å². The summed E-state index contributed by atoms with van der Waals surface area (Å²) in [5.41, 5.74) is 2.27. The first kappa shape index (κ1) is 20.3. The maximum absolute atomic E-state index is 12.3. The van der Waals surface area contributed by atoms with Crippen molar-refractivity contribution in [2.24, 2.45) is 0 Å². The number of hydrogen-bond donors (Lipinski definition) is 1. The molecule has 0 spiro atoms. The lowest BCUT2D eigenvalue weighted by Gasteiger charge is -2.19. The van der Waals surface area contributed by atoms with Crippen molar-refractivity contribution >= 4 is 35.1 Å². The van der Waals surface area contributed by atoms with Gasteiger partial charge in [-0.2, -0.15) is 0 Å². The molecule has 0 radical (unpaired) electrons. The highest BCUT2D eigenvalue weighted by molar-refractivity contribution is 6.35. The van der Waals surface area contributed by atoms with Crippen LogP contribution in [-0.4, -0.2) is 18.0 Å². The van der Waals surface area contributed by atoms with Crippen LogP contribution in [0.1, 0.15) is 48.3 Å². The normalized spacial score (nSPS) is 13.0. The number of ether oxygens (including phenoxy) is 1. The van der Waals surface area contributed by atoms with Gasteiger partial charge in [0.2, 0.25) is 0 Å². The minimum absolute atomic E-state index is 0.350. The van der Waals surface area contributed by atoms with Crippen LogP contribution < -0.4 is 5.32 Å². The Hall–Kier alpha value is -2.04. The quantitative estimate of drug-likeness (QED) is 0.704. The summed E-state index contributed by atoms with van der Waals surface area (Å²) in [6, 6.07) is 11.8. The minimum atomic E-state index is -0.929. The predicted molar refractivity (Wildman–Crippen MR) is 104 cm³/mol. The molecule has 2 rings (SSSR count). The van der Waals surface area contributed by atoms with E-state index in [1.54, 1.807) is 37.3 Å². The molecule has 0 saturated heterocycles. The van der Waals surface area contributed by atoms with Crippen LogP contribution in [0.15, 0.2) is 42.5 Å². The van der Waals surface area contributed by atoms with Gasteiger partial charge in [0, 0.05) is 10.0 Å². The van der Waals surface area contributed by atoms with Crippen molar-refractivity contribution in [3.05, 3.63) is 69.2 Å². The standard InChI is InChI=1S/C20H21Cl2NO3/c1-4-14-5-7-15(8-6-14)20(25)26-13(3)19(24)23-12(2)17-10-9-16(21)11-18(17)22/h5-13H,4H2,1-3H3,(H,23,24)/t12-,13+/m0/s1. The summed E-state index contributed by atoms with van der Waals surface area (Å²) in [5, 5.41) is 3.77. The van der Waals surface area contributed by atoms with E-state index in [9.17, 15) is 9.59 Å². The van der Waals surface area contributed by atoms with Gasteiger partial charge in [0.25, 0.3) is 5.91 Å². The fourth-order valence-corrected chi connectivity index (χ4v) is 2.99. The molecule has 0 heterocycles. The fourth-order valence-electron chi connectivity index (χ4n) is 2.42. The second-order valence-corrected chi connectivity index (χ2v) is 6.84. The van der Waals surface area contributed by atoms with Gasteiger partial charge in [0.05, 0.1) is 11.6 Å². The average molecular weight is 394 g/mol. The Labute approximate surface area is 163 Å². The zero-order valence-corrected chi connectivity index (χ0v) is 16.4. The molecule has 0 bridgehead atoms. The Kier molecular flexibility index (Phi) is 7.06. The molecule has 2 atom stereocenters. The lowest BCUT2D eigenvalue weighted by atomic mass is 10.1. The summed E-state index contributed by atoms with van der Waals surface area (Å²) < 4.78 is 5.25. The zero-order valence-electron chi connectivity index (χ0n) is 14.9. The third kappa shape index (κ3) is 5.23. The number of carbonyl (C=O) groups excluding carboxylic acids is 2. The molecule has 6 heteroatoms. The first-order valence-electron chi connectivity index (χ1n) is 8.37. The van der Waals surface area contributed by atoms with Gasteiger partial charge in [0.1, 0.15) is 0 Å². The maximum Gasteiger partial charge on any atom is 0.338 e. The molecule has 4 nitrogen and oxygen atoms in total. The lowest BCUT2D eigenvalue weighted by Crippen LogP contribution is -2.37. The molecular weight excluding hydrogens is 373 g/mol. The first-order valence-corrected chi connectivity index (χ1v) is 9.12. The van der Waals surface area contributed by atoms with E-state index in [4.69, 9.17) is 27.9 Å². The van der Waals surface area contributed by atoms with Crippen LogP contribution in [-0.2, 0) is 16.0 Å². The smallest absolute Gasteiger partial charge is 0.338 e. The molecule has 1 N–H and O–H groups in total. The van der Waals surface area contributed by atoms with E-state index in [1.807, 2.05) is 19.1 Å². The molecule has 0 saturated carbocycles. The number of hydrogen-bond acceptors (Lipinski definition) is 3. The molecule has 2 aromatic rings. The Bertz CT molecular complexity index is 790. The summed E-state index contributed by atoms with van der Waals surface area (Å²) in [7, 11) is 0. The highest BCUT2D eigenvalue weighted by Crippen LogP contribution is 2.26. The molecule has 0 aliphatic carbocycles. The SMILES string of the molecule is CCc1ccc(C(=O)O[C@H](C)C(=O)N[C@@H](C)c2ccc(Cl)cc2Cl)cc1. The largest absolute Gasteiger partial charge is 0.449 e. The number of aryl methyl sites for hydroxylation is 1. The lowest BCUT2D eigenvalue weighted by molar-refractivity contribution is -0.129. The first-order chi connectivity index (χ1) is 12.3. The number of benzene rings is 2. The highest BCUT2D eigenvalue weighted by Gasteiger charge is 2.21. The van der Waals surface area contributed by atoms with Crippen LogP contribution in [0, 0.1) is 0 Å². The fraction of sp³-hybridized carbons (Fsp3) is 0.300. The third-order valence-electron chi connectivity index (χ3n) is 4.04. The monoisotopic (exact) mass is 393 g/mol. The molecule has 0 unspecified atom stereocenters. The topological polar surface area (TPSA) is 55.4 Å². The van der Waals surface area contributed by atoms with E-state index in [1.165, 1.54) is 6.92 Å². The molecule has 0 aliphatic heterocycles. The Morgan fingerprint density at radius 1 is 1.08 bits per heavy atom. The molecule has 2 aromatic carbocycles. The van der Waals surface area contributed by atoms with Crippen LogP contribution in [0.25, 0.3) is 0 Å². The summed E-state index contributed by atoms with van der Waals surface area (Å²) in [5.74, 6) is -0.936. The summed E-state index contributed by atoms with van der Waals surface area (Å²) in [4.78, 5) is 24.5. The molecule has 1 amide bonds. The van der Waals surface area contributed by atoms with Crippen molar-refractivity contribution < 1.29 is 14.3 Å². The van der Waals surface area contributed by atoms with Crippen molar-refractivity contribution in [3.8, 4) is 0 Å². The number of amides is 1. The van der Waals surface area contributed by atoms with Crippen molar-refractivity contribution in [2.75, 3.05) is 0 Å². The van der Waals surface area contributed by atoms with E-state index in [-0.39, 0.29) is 6.04 Å². The van der Waals surface area contributed by atoms with Crippen LogP contribution in [0.5, 0.6) is 0 Å². The van der Waals surface area contributed by atoms with Crippen molar-refractivity contribution in [2.45, 2.75) is 39.3 Å². The molecule has 0 fully saturated rings. The van der Waals surface area contributed by atoms with Gasteiger partial charge in [-0.25, -0.2) is 4.79 Å². The number of carbonyl (C=O) groups is 2. The molecular formula is C20H21Cl2NO3. The number of halogens is 2. The Balaban J connectivity index is 1.96. The summed E-state index contributed by atoms with van der Waals surface area (Å²) in [6.45, 7) is 5.36. The van der Waals surface area contributed by atoms with E-state index in [0.717, 1.165) is 17.5 Å². The second kappa shape index (κ2) is 9.06. The van der Waals surface area contributed by atoms with Gasteiger partial charge in [-0.1, -0.05) is 48.3 Å². The molecule has 26 heavy (non-hydrogen) atoms. The van der Waals surface area contributed by atoms with Crippen molar-refractivity contribution in [3.63, 3.8) is 0 Å². The molecule has 138 valence electrons. The van der Waals surface area contributed by atoms with Crippen LogP contribution in [0.2, 0.25) is 10.0 Å². The number of rotatable bonds is 6. The predicted octanol–water partition coefficient (Wildman–Crippen LogP) is 4.98. The number of nitrogens with one attached hydrogen (secondary N) is 1. The molecule has 0 aromatic heterocycles. The van der Waals surface area contributed by atoms with E-state index < -0.39 is 18.0 Å². The average Bonchev–Trinajstić information content (AvgIpc) is 2.61. The summed E-state index contributed by atoms with van der Waals surface area (Å²) >= 11 is 12.0. The number of esters is 1. The Morgan fingerprint density at radius 3 is 2.31 bits per heavy atom.